The molecule has 3 nitrogen and oxygen atoms in total. The van der Waals surface area contributed by atoms with Crippen LogP contribution in [0.5, 0.6) is 0 Å². The lowest BCUT2D eigenvalue weighted by atomic mass is 9.70. The molecule has 0 aromatic heterocycles. The van der Waals surface area contributed by atoms with Crippen LogP contribution < -0.4 is 16.8 Å². The number of allylic oxidation sites excluding steroid dienone is 2. The molecular weight excluding hydrogens is 174 g/mol. The van der Waals surface area contributed by atoms with Gasteiger partial charge in [-0.05, 0) is 24.3 Å². The van der Waals surface area contributed by atoms with E-state index in [9.17, 15) is 0 Å². The van der Waals surface area contributed by atoms with E-state index in [4.69, 9.17) is 11.5 Å². The third-order valence-electron chi connectivity index (χ3n) is 3.75. The quantitative estimate of drug-likeness (QED) is 0.614. The number of nitrogens with two attached hydrogens (primary N) is 2. The Morgan fingerprint density at radius 1 is 1.57 bits per heavy atom. The standard InChI is InChI=1S/C11H19N3/c1-8(9-4-2-5-9)11(13)10(12)6-3-7-14-11/h3,6-9,14H,2,4-5,12-13H2,1H3. The second-order valence-electron chi connectivity index (χ2n) is 4.47. The van der Waals surface area contributed by atoms with E-state index in [1.807, 2.05) is 18.4 Å². The molecular formula is C11H19N3. The Balaban J connectivity index is 2.14. The Morgan fingerprint density at radius 3 is 2.79 bits per heavy atom. The lowest BCUT2D eigenvalue weighted by Gasteiger charge is -2.44. The van der Waals surface area contributed by atoms with Gasteiger partial charge in [0.05, 0.1) is 0 Å². The van der Waals surface area contributed by atoms with Crippen LogP contribution in [0.25, 0.3) is 0 Å². The highest BCUT2D eigenvalue weighted by molar-refractivity contribution is 5.27. The third-order valence-corrected chi connectivity index (χ3v) is 3.75. The van der Waals surface area contributed by atoms with Gasteiger partial charge in [-0.15, -0.1) is 0 Å². The Bertz CT molecular complexity index is 278. The van der Waals surface area contributed by atoms with Crippen molar-refractivity contribution in [2.45, 2.75) is 31.8 Å². The molecule has 2 unspecified atom stereocenters. The summed E-state index contributed by atoms with van der Waals surface area (Å²) in [5.74, 6) is 1.13. The number of hydrogen-bond acceptors (Lipinski definition) is 3. The van der Waals surface area contributed by atoms with Crippen molar-refractivity contribution >= 4 is 0 Å². The number of rotatable bonds is 2. The minimum Gasteiger partial charge on any atom is -0.399 e. The van der Waals surface area contributed by atoms with Crippen molar-refractivity contribution in [3.05, 3.63) is 24.0 Å². The lowest BCUT2D eigenvalue weighted by molar-refractivity contribution is 0.139. The van der Waals surface area contributed by atoms with Crippen molar-refractivity contribution in [2.75, 3.05) is 0 Å². The molecule has 3 heteroatoms. The predicted molar refractivity (Wildman–Crippen MR) is 58.0 cm³/mol. The van der Waals surface area contributed by atoms with Crippen molar-refractivity contribution in [1.82, 2.24) is 5.32 Å². The molecule has 1 aliphatic carbocycles. The van der Waals surface area contributed by atoms with Gasteiger partial charge in [0.2, 0.25) is 0 Å². The van der Waals surface area contributed by atoms with Gasteiger partial charge in [-0.1, -0.05) is 26.2 Å². The number of hydrogen-bond donors (Lipinski definition) is 3. The minimum atomic E-state index is -0.528. The summed E-state index contributed by atoms with van der Waals surface area (Å²) in [4.78, 5) is 0. The average molecular weight is 193 g/mol. The summed E-state index contributed by atoms with van der Waals surface area (Å²) in [5, 5.41) is 3.20. The fourth-order valence-electron chi connectivity index (χ4n) is 2.26. The first-order valence-corrected chi connectivity index (χ1v) is 5.34. The second-order valence-corrected chi connectivity index (χ2v) is 4.47. The van der Waals surface area contributed by atoms with Gasteiger partial charge in [0, 0.05) is 11.6 Å². The smallest absolute Gasteiger partial charge is 0.129 e. The number of nitrogens with one attached hydrogen (secondary N) is 1. The molecule has 0 saturated heterocycles. The summed E-state index contributed by atoms with van der Waals surface area (Å²) >= 11 is 0. The summed E-state index contributed by atoms with van der Waals surface area (Å²) < 4.78 is 0. The molecule has 14 heavy (non-hydrogen) atoms. The van der Waals surface area contributed by atoms with Crippen molar-refractivity contribution in [3.63, 3.8) is 0 Å². The van der Waals surface area contributed by atoms with Crippen LogP contribution in [-0.2, 0) is 0 Å². The van der Waals surface area contributed by atoms with Crippen molar-refractivity contribution < 1.29 is 0 Å². The molecule has 5 N–H and O–H groups in total. The molecule has 1 aliphatic heterocycles. The first-order chi connectivity index (χ1) is 6.64. The van der Waals surface area contributed by atoms with Crippen LogP contribution in [0.15, 0.2) is 24.0 Å². The third kappa shape index (κ3) is 1.32. The summed E-state index contributed by atoms with van der Waals surface area (Å²) in [6, 6.07) is 0. The first kappa shape index (κ1) is 9.59. The van der Waals surface area contributed by atoms with Crippen molar-refractivity contribution in [1.29, 1.82) is 0 Å². The molecule has 1 fully saturated rings. The van der Waals surface area contributed by atoms with Crippen LogP contribution in [0.4, 0.5) is 0 Å². The highest BCUT2D eigenvalue weighted by Gasteiger charge is 2.40. The average Bonchev–Trinajstić information content (AvgIpc) is 2.07. The molecule has 2 rings (SSSR count). The summed E-state index contributed by atoms with van der Waals surface area (Å²) in [6.45, 7) is 2.19. The molecule has 2 aliphatic rings. The number of dihydropyridines is 1. The molecule has 1 heterocycles. The Kier molecular flexibility index (Phi) is 2.27. The zero-order valence-electron chi connectivity index (χ0n) is 8.66. The molecule has 0 amide bonds. The molecule has 2 atom stereocenters. The van der Waals surface area contributed by atoms with E-state index in [0.717, 1.165) is 11.6 Å². The van der Waals surface area contributed by atoms with E-state index in [0.29, 0.717) is 5.92 Å². The Hall–Kier alpha value is -0.960. The molecule has 78 valence electrons. The van der Waals surface area contributed by atoms with Crippen LogP contribution in [0, 0.1) is 11.8 Å². The van der Waals surface area contributed by atoms with E-state index < -0.39 is 5.66 Å². The van der Waals surface area contributed by atoms with Crippen LogP contribution in [-0.4, -0.2) is 5.66 Å². The van der Waals surface area contributed by atoms with E-state index in [-0.39, 0.29) is 0 Å². The van der Waals surface area contributed by atoms with Gasteiger partial charge in [0.25, 0.3) is 0 Å². The van der Waals surface area contributed by atoms with Crippen LogP contribution in [0.3, 0.4) is 0 Å². The summed E-state index contributed by atoms with van der Waals surface area (Å²) in [5.41, 5.74) is 12.5. The van der Waals surface area contributed by atoms with Gasteiger partial charge in [-0.2, -0.15) is 0 Å². The molecule has 0 aromatic rings. The Morgan fingerprint density at radius 2 is 2.29 bits per heavy atom. The highest BCUT2D eigenvalue weighted by Crippen LogP contribution is 2.38. The van der Waals surface area contributed by atoms with Crippen molar-refractivity contribution in [3.8, 4) is 0 Å². The van der Waals surface area contributed by atoms with E-state index in [2.05, 4.69) is 12.2 Å². The maximum Gasteiger partial charge on any atom is 0.129 e. The first-order valence-electron chi connectivity index (χ1n) is 5.34. The van der Waals surface area contributed by atoms with E-state index in [1.165, 1.54) is 19.3 Å². The highest BCUT2D eigenvalue weighted by atomic mass is 15.1. The molecule has 0 radical (unpaired) electrons. The van der Waals surface area contributed by atoms with Gasteiger partial charge >= 0.3 is 0 Å². The van der Waals surface area contributed by atoms with Gasteiger partial charge in [0.15, 0.2) is 0 Å². The maximum absolute atomic E-state index is 6.30. The lowest BCUT2D eigenvalue weighted by Crippen LogP contribution is -2.62. The SMILES string of the molecule is CC(C1CCC1)C1(N)NC=CC=C1N. The van der Waals surface area contributed by atoms with Crippen LogP contribution in [0.2, 0.25) is 0 Å². The maximum atomic E-state index is 6.30. The minimum absolute atomic E-state index is 0.400. The van der Waals surface area contributed by atoms with Crippen LogP contribution in [0.1, 0.15) is 26.2 Å². The monoisotopic (exact) mass is 193 g/mol. The Labute approximate surface area is 85.2 Å². The van der Waals surface area contributed by atoms with Crippen LogP contribution >= 0.6 is 0 Å². The van der Waals surface area contributed by atoms with E-state index >= 15 is 0 Å². The van der Waals surface area contributed by atoms with E-state index in [1.54, 1.807) is 0 Å². The molecule has 0 bridgehead atoms. The predicted octanol–water partition coefficient (Wildman–Crippen LogP) is 1.04. The summed E-state index contributed by atoms with van der Waals surface area (Å²) in [7, 11) is 0. The fourth-order valence-corrected chi connectivity index (χ4v) is 2.26. The summed E-state index contributed by atoms with van der Waals surface area (Å²) in [6.07, 6.45) is 9.59. The topological polar surface area (TPSA) is 64.1 Å². The van der Waals surface area contributed by atoms with Gasteiger partial charge in [0.1, 0.15) is 5.66 Å². The molecule has 0 spiro atoms. The van der Waals surface area contributed by atoms with Gasteiger partial charge < -0.3 is 16.8 Å². The normalized spacial score (nSPS) is 34.3. The largest absolute Gasteiger partial charge is 0.399 e. The second kappa shape index (κ2) is 3.31. The van der Waals surface area contributed by atoms with Gasteiger partial charge in [-0.3, -0.25) is 0 Å². The van der Waals surface area contributed by atoms with Gasteiger partial charge in [-0.25, -0.2) is 0 Å². The molecule has 0 aromatic carbocycles. The molecule has 1 saturated carbocycles. The fraction of sp³-hybridized carbons (Fsp3) is 0.636. The van der Waals surface area contributed by atoms with Crippen molar-refractivity contribution in [2.24, 2.45) is 23.3 Å². The zero-order chi connectivity index (χ0) is 10.2. The zero-order valence-corrected chi connectivity index (χ0v) is 8.66.